The lowest BCUT2D eigenvalue weighted by Gasteiger charge is -2.26. The molecular formula is C23H19BrN2O7S. The molecule has 176 valence electrons. The lowest BCUT2D eigenvalue weighted by molar-refractivity contribution is -0.122. The molecule has 1 atom stereocenters. The van der Waals surface area contributed by atoms with Crippen molar-refractivity contribution >= 4 is 49.4 Å². The number of benzene rings is 2. The molecule has 1 aliphatic heterocycles. The SMILES string of the molecule is COC(=O)c1ccc(N2C(=O)CC(N(Cc3ccco3)S(=O)(=O)c3ccc(Br)cc3)C2=O)cc1. The predicted octanol–water partition coefficient (Wildman–Crippen LogP) is 3.35. The third-order valence-corrected chi connectivity index (χ3v) is 7.73. The highest BCUT2D eigenvalue weighted by atomic mass is 79.9. The number of methoxy groups -OCH3 is 1. The van der Waals surface area contributed by atoms with Gasteiger partial charge in [0.1, 0.15) is 11.8 Å². The van der Waals surface area contributed by atoms with Crippen LogP contribution in [0, 0.1) is 0 Å². The van der Waals surface area contributed by atoms with Crippen molar-refractivity contribution in [2.75, 3.05) is 12.0 Å². The first-order valence-electron chi connectivity index (χ1n) is 10.1. The number of imide groups is 1. The maximum absolute atomic E-state index is 13.5. The van der Waals surface area contributed by atoms with Crippen molar-refractivity contribution in [2.45, 2.75) is 23.9 Å². The van der Waals surface area contributed by atoms with Gasteiger partial charge in [-0.3, -0.25) is 9.59 Å². The minimum atomic E-state index is -4.17. The van der Waals surface area contributed by atoms with Crippen molar-refractivity contribution in [1.29, 1.82) is 0 Å². The molecule has 0 bridgehead atoms. The number of hydrogen-bond donors (Lipinski definition) is 0. The summed E-state index contributed by atoms with van der Waals surface area (Å²) in [4.78, 5) is 38.8. The second-order valence-corrected chi connectivity index (χ2v) is 10.2. The highest BCUT2D eigenvalue weighted by Gasteiger charge is 2.47. The molecule has 9 nitrogen and oxygen atoms in total. The molecule has 1 fully saturated rings. The number of sulfonamides is 1. The zero-order valence-electron chi connectivity index (χ0n) is 17.9. The summed E-state index contributed by atoms with van der Waals surface area (Å²) in [6.45, 7) is -0.232. The molecule has 3 aromatic rings. The van der Waals surface area contributed by atoms with E-state index in [1.165, 1.54) is 49.8 Å². The fourth-order valence-electron chi connectivity index (χ4n) is 3.64. The number of hydrogen-bond acceptors (Lipinski definition) is 7. The highest BCUT2D eigenvalue weighted by Crippen LogP contribution is 2.31. The van der Waals surface area contributed by atoms with E-state index in [-0.39, 0.29) is 29.1 Å². The Labute approximate surface area is 204 Å². The number of nitrogens with zero attached hydrogens (tertiary/aromatic N) is 2. The fraction of sp³-hybridized carbons (Fsp3) is 0.174. The number of ether oxygens (including phenoxy) is 1. The molecule has 34 heavy (non-hydrogen) atoms. The van der Waals surface area contributed by atoms with Gasteiger partial charge in [-0.25, -0.2) is 18.1 Å². The van der Waals surface area contributed by atoms with Gasteiger partial charge in [-0.05, 0) is 60.7 Å². The smallest absolute Gasteiger partial charge is 0.337 e. The van der Waals surface area contributed by atoms with Crippen LogP contribution < -0.4 is 4.90 Å². The number of carbonyl (C=O) groups excluding carboxylic acids is 3. The van der Waals surface area contributed by atoms with E-state index in [1.807, 2.05) is 0 Å². The van der Waals surface area contributed by atoms with Crippen molar-refractivity contribution in [2.24, 2.45) is 0 Å². The number of amides is 2. The van der Waals surface area contributed by atoms with Gasteiger partial charge >= 0.3 is 5.97 Å². The summed E-state index contributed by atoms with van der Waals surface area (Å²) in [7, 11) is -2.93. The van der Waals surface area contributed by atoms with Crippen LogP contribution in [0.1, 0.15) is 22.5 Å². The van der Waals surface area contributed by atoms with E-state index in [0.29, 0.717) is 10.2 Å². The second kappa shape index (κ2) is 9.53. The molecule has 1 saturated heterocycles. The lowest BCUT2D eigenvalue weighted by Crippen LogP contribution is -2.45. The predicted molar refractivity (Wildman–Crippen MR) is 124 cm³/mol. The van der Waals surface area contributed by atoms with Gasteiger partial charge in [-0.2, -0.15) is 4.31 Å². The van der Waals surface area contributed by atoms with E-state index in [9.17, 15) is 22.8 Å². The normalized spacial score (nSPS) is 16.3. The van der Waals surface area contributed by atoms with Gasteiger partial charge in [0.05, 0.1) is 42.5 Å². The van der Waals surface area contributed by atoms with Gasteiger partial charge in [-0.15, -0.1) is 0 Å². The molecule has 11 heteroatoms. The minimum absolute atomic E-state index is 0.0246. The van der Waals surface area contributed by atoms with Crippen LogP contribution in [0.5, 0.6) is 0 Å². The first-order valence-corrected chi connectivity index (χ1v) is 12.3. The van der Waals surface area contributed by atoms with Crippen LogP contribution in [0.15, 0.2) is 80.7 Å². The molecule has 1 aliphatic rings. The van der Waals surface area contributed by atoms with E-state index in [0.717, 1.165) is 9.21 Å². The Kier molecular flexibility index (Phi) is 6.69. The zero-order valence-corrected chi connectivity index (χ0v) is 20.3. The highest BCUT2D eigenvalue weighted by molar-refractivity contribution is 9.10. The van der Waals surface area contributed by atoms with E-state index in [2.05, 4.69) is 20.7 Å². The van der Waals surface area contributed by atoms with Crippen LogP contribution in [0.25, 0.3) is 0 Å². The molecule has 0 radical (unpaired) electrons. The van der Waals surface area contributed by atoms with Crippen molar-refractivity contribution in [3.05, 3.63) is 82.7 Å². The molecule has 0 spiro atoms. The molecule has 2 aromatic carbocycles. The van der Waals surface area contributed by atoms with Gasteiger partial charge < -0.3 is 9.15 Å². The van der Waals surface area contributed by atoms with Crippen molar-refractivity contribution in [3.63, 3.8) is 0 Å². The van der Waals surface area contributed by atoms with Crippen molar-refractivity contribution in [1.82, 2.24) is 4.31 Å². The lowest BCUT2D eigenvalue weighted by atomic mass is 10.2. The molecule has 0 aliphatic carbocycles. The summed E-state index contributed by atoms with van der Waals surface area (Å²) in [5.41, 5.74) is 0.475. The number of rotatable bonds is 7. The average molecular weight is 547 g/mol. The van der Waals surface area contributed by atoms with E-state index in [4.69, 9.17) is 4.42 Å². The molecule has 2 amide bonds. The Balaban J connectivity index is 1.69. The van der Waals surface area contributed by atoms with Crippen LogP contribution >= 0.6 is 15.9 Å². The zero-order chi connectivity index (χ0) is 24.5. The molecule has 1 unspecified atom stereocenters. The van der Waals surface area contributed by atoms with Gasteiger partial charge in [0.2, 0.25) is 15.9 Å². The maximum atomic E-state index is 13.5. The molecule has 1 aromatic heterocycles. The van der Waals surface area contributed by atoms with Crippen LogP contribution in [-0.4, -0.2) is 43.7 Å². The standard InChI is InChI=1S/C23H19BrN2O7S/c1-32-23(29)15-4-8-17(9-5-15)26-21(27)13-20(22(26)28)25(14-18-3-2-12-33-18)34(30,31)19-10-6-16(24)7-11-19/h2-12,20H,13-14H2,1H3. The van der Waals surface area contributed by atoms with Crippen LogP contribution in [0.3, 0.4) is 0 Å². The fourth-order valence-corrected chi connectivity index (χ4v) is 5.45. The summed E-state index contributed by atoms with van der Waals surface area (Å²) in [6.07, 6.45) is 1.06. The minimum Gasteiger partial charge on any atom is -0.468 e. The van der Waals surface area contributed by atoms with E-state index in [1.54, 1.807) is 24.3 Å². The number of furan rings is 1. The van der Waals surface area contributed by atoms with E-state index < -0.39 is 33.8 Å². The third-order valence-electron chi connectivity index (χ3n) is 5.33. The summed E-state index contributed by atoms with van der Waals surface area (Å²) < 4.78 is 38.7. The Morgan fingerprint density at radius 2 is 1.79 bits per heavy atom. The topological polar surface area (TPSA) is 114 Å². The largest absolute Gasteiger partial charge is 0.468 e. The summed E-state index contributed by atoms with van der Waals surface area (Å²) in [5, 5.41) is 0. The number of esters is 1. The van der Waals surface area contributed by atoms with Crippen LogP contribution in [-0.2, 0) is 30.9 Å². The number of halogens is 1. The maximum Gasteiger partial charge on any atom is 0.337 e. The Bertz CT molecular complexity index is 1320. The molecule has 4 rings (SSSR count). The first kappa shape index (κ1) is 23.9. The summed E-state index contributed by atoms with van der Waals surface area (Å²) in [5.74, 6) is -1.49. The average Bonchev–Trinajstić information content (AvgIpc) is 3.44. The molecular weight excluding hydrogens is 528 g/mol. The quantitative estimate of drug-likeness (QED) is 0.329. The van der Waals surface area contributed by atoms with E-state index >= 15 is 0 Å². The molecule has 0 N–H and O–H groups in total. The molecule has 2 heterocycles. The first-order chi connectivity index (χ1) is 16.2. The monoisotopic (exact) mass is 546 g/mol. The summed E-state index contributed by atoms with van der Waals surface area (Å²) in [6, 6.07) is 13.6. The number of carbonyl (C=O) groups is 3. The Hall–Kier alpha value is -3.28. The van der Waals surface area contributed by atoms with Gasteiger partial charge in [0.15, 0.2) is 0 Å². The van der Waals surface area contributed by atoms with Crippen molar-refractivity contribution < 1.29 is 32.0 Å². The van der Waals surface area contributed by atoms with Crippen LogP contribution in [0.4, 0.5) is 5.69 Å². The Morgan fingerprint density at radius 1 is 1.12 bits per heavy atom. The third kappa shape index (κ3) is 4.54. The Morgan fingerprint density at radius 3 is 2.38 bits per heavy atom. The number of anilines is 1. The van der Waals surface area contributed by atoms with Crippen molar-refractivity contribution in [3.8, 4) is 0 Å². The van der Waals surface area contributed by atoms with Crippen LogP contribution in [0.2, 0.25) is 0 Å². The second-order valence-electron chi connectivity index (χ2n) is 7.41. The summed E-state index contributed by atoms with van der Waals surface area (Å²) >= 11 is 3.28. The molecule has 0 saturated carbocycles. The van der Waals surface area contributed by atoms with Gasteiger partial charge in [0.25, 0.3) is 5.91 Å². The van der Waals surface area contributed by atoms with Gasteiger partial charge in [-0.1, -0.05) is 15.9 Å². The van der Waals surface area contributed by atoms with Gasteiger partial charge in [0, 0.05) is 4.47 Å².